The molecule has 0 aromatic heterocycles. The van der Waals surface area contributed by atoms with Crippen molar-refractivity contribution in [2.75, 3.05) is 35.2 Å². The fraction of sp³-hybridized carbons (Fsp3) is 0.536. The molecule has 0 bridgehead atoms. The molecule has 196 valence electrons. The summed E-state index contributed by atoms with van der Waals surface area (Å²) in [6.07, 6.45) is 0.855. The molecule has 2 aliphatic rings. The van der Waals surface area contributed by atoms with Gasteiger partial charge in [-0.3, -0.25) is 4.79 Å². The van der Waals surface area contributed by atoms with Gasteiger partial charge in [0.25, 0.3) is 0 Å². The third kappa shape index (κ3) is 4.16. The second kappa shape index (κ2) is 10.4. The number of methoxy groups -OCH3 is 4. The summed E-state index contributed by atoms with van der Waals surface area (Å²) in [5.41, 5.74) is 3.31. The first-order valence-electron chi connectivity index (χ1n) is 12.3. The molecule has 0 saturated carbocycles. The SMILES string of the molecule is CCC(C)C(=O)O[C@H]1c2cc3c(c(OC)c2-c2c(cc(OC)c(OC)c2OC)C[C@@H](C)[C@H]1C)OCO3. The van der Waals surface area contributed by atoms with Crippen LogP contribution in [0, 0.1) is 17.8 Å². The maximum atomic E-state index is 13.1. The number of rotatable bonds is 7. The number of ether oxygens (including phenoxy) is 7. The van der Waals surface area contributed by atoms with Gasteiger partial charge in [0, 0.05) is 22.6 Å². The zero-order valence-corrected chi connectivity index (χ0v) is 22.4. The average molecular weight is 501 g/mol. The highest BCUT2D eigenvalue weighted by Gasteiger charge is 2.40. The Balaban J connectivity index is 2.10. The Morgan fingerprint density at radius 2 is 1.67 bits per heavy atom. The van der Waals surface area contributed by atoms with E-state index < -0.39 is 6.10 Å². The van der Waals surface area contributed by atoms with Crippen molar-refractivity contribution >= 4 is 5.97 Å². The van der Waals surface area contributed by atoms with Gasteiger partial charge in [-0.2, -0.15) is 0 Å². The van der Waals surface area contributed by atoms with Crippen LogP contribution in [0.3, 0.4) is 0 Å². The lowest BCUT2D eigenvalue weighted by Gasteiger charge is -2.35. The fourth-order valence-electron chi connectivity index (χ4n) is 5.04. The molecule has 2 aromatic carbocycles. The number of benzene rings is 2. The van der Waals surface area contributed by atoms with E-state index in [2.05, 4.69) is 13.8 Å². The number of hydrogen-bond acceptors (Lipinski definition) is 8. The molecule has 0 spiro atoms. The second-order valence-corrected chi connectivity index (χ2v) is 9.49. The molecule has 0 fully saturated rings. The summed E-state index contributed by atoms with van der Waals surface area (Å²) in [6, 6.07) is 3.89. The average Bonchev–Trinajstić information content (AvgIpc) is 3.36. The van der Waals surface area contributed by atoms with E-state index in [0.717, 1.165) is 22.3 Å². The molecule has 4 rings (SSSR count). The number of hydrogen-bond donors (Lipinski definition) is 0. The van der Waals surface area contributed by atoms with Crippen molar-refractivity contribution in [1.29, 1.82) is 0 Å². The second-order valence-electron chi connectivity index (χ2n) is 9.49. The maximum Gasteiger partial charge on any atom is 0.309 e. The zero-order chi connectivity index (χ0) is 26.1. The first-order valence-corrected chi connectivity index (χ1v) is 12.3. The van der Waals surface area contributed by atoms with E-state index >= 15 is 0 Å². The largest absolute Gasteiger partial charge is 0.493 e. The lowest BCUT2D eigenvalue weighted by Crippen LogP contribution is -2.28. The number of esters is 1. The molecule has 0 saturated heterocycles. The molecule has 1 aliphatic heterocycles. The molecule has 1 aliphatic carbocycles. The van der Waals surface area contributed by atoms with Crippen LogP contribution in [0.4, 0.5) is 0 Å². The molecular weight excluding hydrogens is 464 g/mol. The number of carbonyl (C=O) groups excluding carboxylic acids is 1. The van der Waals surface area contributed by atoms with E-state index in [0.29, 0.717) is 47.3 Å². The summed E-state index contributed by atoms with van der Waals surface area (Å²) < 4.78 is 41.1. The topological polar surface area (TPSA) is 81.7 Å². The van der Waals surface area contributed by atoms with E-state index in [1.54, 1.807) is 28.4 Å². The summed E-state index contributed by atoms with van der Waals surface area (Å²) >= 11 is 0. The van der Waals surface area contributed by atoms with Gasteiger partial charge in [0.1, 0.15) is 6.10 Å². The van der Waals surface area contributed by atoms with Crippen LogP contribution in [0.2, 0.25) is 0 Å². The van der Waals surface area contributed by atoms with Gasteiger partial charge in [-0.25, -0.2) is 0 Å². The van der Waals surface area contributed by atoms with E-state index in [4.69, 9.17) is 33.2 Å². The van der Waals surface area contributed by atoms with E-state index in [1.807, 2.05) is 26.0 Å². The van der Waals surface area contributed by atoms with Crippen LogP contribution in [-0.2, 0) is 16.0 Å². The van der Waals surface area contributed by atoms with Crippen LogP contribution in [0.25, 0.3) is 11.1 Å². The predicted molar refractivity (Wildman–Crippen MR) is 135 cm³/mol. The molecule has 0 amide bonds. The Bertz CT molecular complexity index is 1140. The van der Waals surface area contributed by atoms with Crippen LogP contribution in [0.5, 0.6) is 34.5 Å². The van der Waals surface area contributed by atoms with E-state index in [-0.39, 0.29) is 30.5 Å². The third-order valence-electron chi connectivity index (χ3n) is 7.50. The van der Waals surface area contributed by atoms with Crippen LogP contribution >= 0.6 is 0 Å². The molecule has 8 heteroatoms. The van der Waals surface area contributed by atoms with Crippen LogP contribution in [-0.4, -0.2) is 41.2 Å². The predicted octanol–water partition coefficient (Wildman–Crippen LogP) is 5.58. The van der Waals surface area contributed by atoms with Crippen LogP contribution in [0.15, 0.2) is 12.1 Å². The molecule has 1 heterocycles. The summed E-state index contributed by atoms with van der Waals surface area (Å²) in [7, 11) is 6.38. The fourth-order valence-corrected chi connectivity index (χ4v) is 5.04. The first-order chi connectivity index (χ1) is 17.3. The normalized spacial score (nSPS) is 20.8. The Labute approximate surface area is 212 Å². The number of fused-ring (bicyclic) bond motifs is 4. The van der Waals surface area contributed by atoms with E-state index in [1.165, 1.54) is 0 Å². The molecule has 1 unspecified atom stereocenters. The molecule has 0 N–H and O–H groups in total. The minimum atomic E-state index is -0.536. The lowest BCUT2D eigenvalue weighted by molar-refractivity contribution is -0.157. The minimum absolute atomic E-state index is 0.00549. The smallest absolute Gasteiger partial charge is 0.309 e. The Morgan fingerprint density at radius 3 is 2.28 bits per heavy atom. The maximum absolute atomic E-state index is 13.1. The van der Waals surface area contributed by atoms with Gasteiger partial charge < -0.3 is 33.2 Å². The Hall–Kier alpha value is -3.29. The third-order valence-corrected chi connectivity index (χ3v) is 7.50. The van der Waals surface area contributed by atoms with Gasteiger partial charge in [-0.15, -0.1) is 0 Å². The minimum Gasteiger partial charge on any atom is -0.493 e. The lowest BCUT2D eigenvalue weighted by atomic mass is 9.75. The summed E-state index contributed by atoms with van der Waals surface area (Å²) in [5, 5.41) is 0. The molecule has 2 aromatic rings. The first kappa shape index (κ1) is 25.8. The molecule has 36 heavy (non-hydrogen) atoms. The van der Waals surface area contributed by atoms with Crippen LogP contribution < -0.4 is 28.4 Å². The highest BCUT2D eigenvalue weighted by Crippen LogP contribution is 2.58. The van der Waals surface area contributed by atoms with Gasteiger partial charge in [-0.05, 0) is 36.5 Å². The highest BCUT2D eigenvalue weighted by molar-refractivity contribution is 5.89. The van der Waals surface area contributed by atoms with Gasteiger partial charge >= 0.3 is 5.97 Å². The van der Waals surface area contributed by atoms with Gasteiger partial charge in [0.05, 0.1) is 34.4 Å². The Morgan fingerprint density at radius 1 is 0.972 bits per heavy atom. The van der Waals surface area contributed by atoms with Gasteiger partial charge in [0.15, 0.2) is 23.0 Å². The van der Waals surface area contributed by atoms with Crippen molar-refractivity contribution in [2.45, 2.75) is 46.6 Å². The monoisotopic (exact) mass is 500 g/mol. The quantitative estimate of drug-likeness (QED) is 0.456. The van der Waals surface area contributed by atoms with Crippen LogP contribution in [0.1, 0.15) is 51.3 Å². The van der Waals surface area contributed by atoms with Crippen molar-refractivity contribution in [3.05, 3.63) is 23.3 Å². The summed E-state index contributed by atoms with van der Waals surface area (Å²) in [4.78, 5) is 13.1. The molecular formula is C28H36O8. The van der Waals surface area contributed by atoms with Crippen molar-refractivity contribution in [1.82, 2.24) is 0 Å². The van der Waals surface area contributed by atoms with Gasteiger partial charge in [-0.1, -0.05) is 27.7 Å². The summed E-state index contributed by atoms with van der Waals surface area (Å²) in [6.45, 7) is 8.22. The molecule has 4 atom stereocenters. The van der Waals surface area contributed by atoms with Crippen molar-refractivity contribution < 1.29 is 38.0 Å². The van der Waals surface area contributed by atoms with Gasteiger partial charge in [0.2, 0.25) is 18.3 Å². The standard InChI is InChI=1S/C28H36O8/c1-9-14(2)28(29)36-23-16(4)15(3)10-17-11-19(30-5)24(31-6)26(32-7)21(17)22-18(23)12-20-25(27(22)33-8)35-13-34-20/h11-12,14-16,23H,9-10,13H2,1-8H3/t14?,15-,16-,23-/m1/s1. The van der Waals surface area contributed by atoms with Crippen molar-refractivity contribution in [2.24, 2.45) is 17.8 Å². The molecule has 8 nitrogen and oxygen atoms in total. The van der Waals surface area contributed by atoms with Crippen molar-refractivity contribution in [3.63, 3.8) is 0 Å². The number of carbonyl (C=O) groups is 1. The molecule has 0 radical (unpaired) electrons. The van der Waals surface area contributed by atoms with Crippen molar-refractivity contribution in [3.8, 4) is 45.6 Å². The Kier molecular flexibility index (Phi) is 7.43. The zero-order valence-electron chi connectivity index (χ0n) is 22.4. The highest BCUT2D eigenvalue weighted by atomic mass is 16.7. The van der Waals surface area contributed by atoms with E-state index in [9.17, 15) is 4.79 Å². The summed E-state index contributed by atoms with van der Waals surface area (Å²) in [5.74, 6) is 2.82.